The lowest BCUT2D eigenvalue weighted by Gasteiger charge is -2.01. The molecule has 0 unspecified atom stereocenters. The molecule has 0 aromatic rings. The molecule has 0 aliphatic rings. The summed E-state index contributed by atoms with van der Waals surface area (Å²) in [6.45, 7) is 4.37. The van der Waals surface area contributed by atoms with E-state index in [2.05, 4.69) is 67.7 Å². The van der Waals surface area contributed by atoms with Crippen molar-refractivity contribution < 1.29 is 14.3 Å². The Morgan fingerprint density at radius 2 is 1.16 bits per heavy atom. The average molecular weight is 459 g/mol. The number of Topliss-reactive ketones (excluding diaryl/α,β-unsaturated/α-hetero) is 1. The Morgan fingerprint density at radius 3 is 1.62 bits per heavy atom. The van der Waals surface area contributed by atoms with Gasteiger partial charge in [0.25, 0.3) is 0 Å². The minimum Gasteiger partial charge on any atom is -0.465 e. The van der Waals surface area contributed by atoms with Gasteiger partial charge in [-0.25, -0.2) is 0 Å². The predicted molar refractivity (Wildman–Crippen MR) is 141 cm³/mol. The maximum absolute atomic E-state index is 11.8. The number of carbonyl (C=O) groups is 2. The van der Waals surface area contributed by atoms with Crippen molar-refractivity contribution in [3.63, 3.8) is 0 Å². The highest BCUT2D eigenvalue weighted by Gasteiger charge is 2.03. The fraction of sp³-hybridized carbons (Fsp3) is 0.500. The smallest absolute Gasteiger partial charge is 0.315 e. The van der Waals surface area contributed by atoms with Crippen LogP contribution >= 0.6 is 11.8 Å². The van der Waals surface area contributed by atoms with Crippen molar-refractivity contribution >= 4 is 23.5 Å². The predicted octanol–water partition coefficient (Wildman–Crippen LogP) is 7.72. The van der Waals surface area contributed by atoms with E-state index in [1.807, 2.05) is 12.2 Å². The number of hydrogen-bond acceptors (Lipinski definition) is 4. The van der Waals surface area contributed by atoms with Crippen molar-refractivity contribution in [3.05, 3.63) is 72.9 Å². The normalized spacial score (nSPS) is 12.6. The summed E-state index contributed by atoms with van der Waals surface area (Å²) in [6.07, 6.45) is 33.6. The van der Waals surface area contributed by atoms with E-state index in [1.165, 1.54) is 11.8 Å². The van der Waals surface area contributed by atoms with E-state index >= 15 is 0 Å². The minimum absolute atomic E-state index is 0.179. The van der Waals surface area contributed by atoms with E-state index in [0.29, 0.717) is 25.2 Å². The van der Waals surface area contributed by atoms with Crippen LogP contribution in [0.2, 0.25) is 0 Å². The number of thioether (sulfide) groups is 1. The van der Waals surface area contributed by atoms with E-state index in [9.17, 15) is 9.59 Å². The lowest BCUT2D eigenvalue weighted by atomic mass is 10.1. The Kier molecular flexibility index (Phi) is 23.6. The van der Waals surface area contributed by atoms with Gasteiger partial charge in [-0.1, -0.05) is 79.8 Å². The van der Waals surface area contributed by atoms with Gasteiger partial charge in [-0.15, -0.1) is 0 Å². The summed E-state index contributed by atoms with van der Waals surface area (Å²) in [5.74, 6) is 1.26. The fourth-order valence-electron chi connectivity index (χ4n) is 2.57. The van der Waals surface area contributed by atoms with E-state index in [-0.39, 0.29) is 11.8 Å². The summed E-state index contributed by atoms with van der Waals surface area (Å²) in [5.41, 5.74) is 0. The molecule has 3 nitrogen and oxygen atoms in total. The van der Waals surface area contributed by atoms with Crippen LogP contribution in [0.4, 0.5) is 0 Å². The molecule has 0 atom stereocenters. The van der Waals surface area contributed by atoms with Gasteiger partial charge in [0.1, 0.15) is 5.78 Å². The Bertz CT molecular complexity index is 639. The van der Waals surface area contributed by atoms with Crippen LogP contribution in [0.5, 0.6) is 0 Å². The molecule has 0 amide bonds. The number of hydrogen-bond donors (Lipinski definition) is 0. The fourth-order valence-corrected chi connectivity index (χ4v) is 3.31. The SMILES string of the molecule is CC/C=C\C/C=C\C/C=C\C/C=C\C/C=C\C/C=C\CC(=O)CCCSCC(=O)OCC. The van der Waals surface area contributed by atoms with Crippen molar-refractivity contribution in [2.75, 3.05) is 18.1 Å². The molecule has 0 spiro atoms. The summed E-state index contributed by atoms with van der Waals surface area (Å²) in [4.78, 5) is 23.0. The summed E-state index contributed by atoms with van der Waals surface area (Å²) < 4.78 is 4.86. The number of allylic oxidation sites excluding steroid dienone is 12. The van der Waals surface area contributed by atoms with E-state index < -0.39 is 0 Å². The van der Waals surface area contributed by atoms with Gasteiger partial charge in [0.2, 0.25) is 0 Å². The van der Waals surface area contributed by atoms with E-state index in [0.717, 1.165) is 50.7 Å². The summed E-state index contributed by atoms with van der Waals surface area (Å²) >= 11 is 1.53. The van der Waals surface area contributed by atoms with Crippen LogP contribution in [0.1, 0.15) is 71.6 Å². The Labute approximate surface area is 200 Å². The molecule has 0 fully saturated rings. The summed E-state index contributed by atoms with van der Waals surface area (Å²) in [6, 6.07) is 0. The molecule has 0 aromatic heterocycles. The molecule has 32 heavy (non-hydrogen) atoms. The number of ether oxygens (including phenoxy) is 1. The lowest BCUT2D eigenvalue weighted by molar-refractivity contribution is -0.139. The van der Waals surface area contributed by atoms with Crippen molar-refractivity contribution in [2.45, 2.75) is 71.6 Å². The lowest BCUT2D eigenvalue weighted by Crippen LogP contribution is -2.07. The maximum Gasteiger partial charge on any atom is 0.315 e. The molecule has 0 N–H and O–H groups in total. The first-order chi connectivity index (χ1) is 15.7. The highest BCUT2D eigenvalue weighted by Crippen LogP contribution is 2.07. The quantitative estimate of drug-likeness (QED) is 0.106. The van der Waals surface area contributed by atoms with Gasteiger partial charge in [0.15, 0.2) is 0 Å². The molecular formula is C28H42O3S. The molecule has 0 aliphatic carbocycles. The molecule has 0 aromatic carbocycles. The second-order valence-corrected chi connectivity index (χ2v) is 8.22. The highest BCUT2D eigenvalue weighted by atomic mass is 32.2. The molecule has 0 bridgehead atoms. The molecule has 0 heterocycles. The molecule has 0 rings (SSSR count). The first kappa shape index (κ1) is 29.9. The van der Waals surface area contributed by atoms with E-state index in [4.69, 9.17) is 4.74 Å². The number of carbonyl (C=O) groups excluding carboxylic acids is 2. The van der Waals surface area contributed by atoms with Gasteiger partial charge >= 0.3 is 5.97 Å². The second kappa shape index (κ2) is 25.2. The van der Waals surface area contributed by atoms with Gasteiger partial charge in [-0.2, -0.15) is 11.8 Å². The standard InChI is InChI=1S/C28H42O3S/c1-3-5-6-7-8-9-10-11-12-13-14-15-16-17-18-19-20-21-23-27(29)24-22-25-32-26-28(30)31-4-2/h5-6,8-9,11-12,14-15,17-18,20-21H,3-4,7,10,13,16,19,22-26H2,1-2H3/b6-5-,9-8-,12-11-,15-14-,18-17-,21-20-. The van der Waals surface area contributed by atoms with Gasteiger partial charge < -0.3 is 4.74 Å². The average Bonchev–Trinajstić information content (AvgIpc) is 2.78. The number of esters is 1. The van der Waals surface area contributed by atoms with Gasteiger partial charge in [0, 0.05) is 12.8 Å². The zero-order chi connectivity index (χ0) is 23.5. The monoisotopic (exact) mass is 458 g/mol. The largest absolute Gasteiger partial charge is 0.465 e. The molecule has 0 aliphatic heterocycles. The Hall–Kier alpha value is -2.07. The van der Waals surface area contributed by atoms with E-state index in [1.54, 1.807) is 6.92 Å². The molecular weight excluding hydrogens is 416 g/mol. The number of ketones is 1. The van der Waals surface area contributed by atoms with Crippen LogP contribution in [0.3, 0.4) is 0 Å². The molecule has 178 valence electrons. The number of rotatable bonds is 20. The zero-order valence-corrected chi connectivity index (χ0v) is 20.9. The second-order valence-electron chi connectivity index (χ2n) is 7.12. The van der Waals surface area contributed by atoms with Gasteiger partial charge in [0.05, 0.1) is 12.4 Å². The van der Waals surface area contributed by atoms with Crippen LogP contribution < -0.4 is 0 Å². The minimum atomic E-state index is -0.179. The third-order valence-corrected chi connectivity index (χ3v) is 5.23. The van der Waals surface area contributed by atoms with Crippen molar-refractivity contribution in [1.82, 2.24) is 0 Å². The Morgan fingerprint density at radius 1 is 0.688 bits per heavy atom. The third-order valence-electron chi connectivity index (χ3n) is 4.21. The molecule has 0 saturated carbocycles. The Balaban J connectivity index is 3.59. The molecule has 0 radical (unpaired) electrons. The summed E-state index contributed by atoms with van der Waals surface area (Å²) in [5, 5.41) is 0. The van der Waals surface area contributed by atoms with Gasteiger partial charge in [-0.05, 0) is 57.6 Å². The van der Waals surface area contributed by atoms with Crippen molar-refractivity contribution in [3.8, 4) is 0 Å². The maximum atomic E-state index is 11.8. The first-order valence-electron chi connectivity index (χ1n) is 11.9. The van der Waals surface area contributed by atoms with Crippen LogP contribution in [0.15, 0.2) is 72.9 Å². The topological polar surface area (TPSA) is 43.4 Å². The molecule has 0 saturated heterocycles. The van der Waals surface area contributed by atoms with Gasteiger partial charge in [-0.3, -0.25) is 9.59 Å². The third kappa shape index (κ3) is 24.2. The van der Waals surface area contributed by atoms with Crippen LogP contribution in [-0.4, -0.2) is 29.9 Å². The van der Waals surface area contributed by atoms with Crippen LogP contribution in [0.25, 0.3) is 0 Å². The first-order valence-corrected chi connectivity index (χ1v) is 13.0. The highest BCUT2D eigenvalue weighted by molar-refractivity contribution is 7.99. The summed E-state index contributed by atoms with van der Waals surface area (Å²) in [7, 11) is 0. The van der Waals surface area contributed by atoms with Crippen LogP contribution in [0, 0.1) is 0 Å². The zero-order valence-electron chi connectivity index (χ0n) is 20.0. The molecule has 4 heteroatoms. The van der Waals surface area contributed by atoms with Crippen molar-refractivity contribution in [2.24, 2.45) is 0 Å². The van der Waals surface area contributed by atoms with Crippen LogP contribution in [-0.2, 0) is 14.3 Å². The van der Waals surface area contributed by atoms with Crippen molar-refractivity contribution in [1.29, 1.82) is 0 Å².